The van der Waals surface area contributed by atoms with E-state index < -0.39 is 0 Å². The maximum absolute atomic E-state index is 11.3. The van der Waals surface area contributed by atoms with Crippen LogP contribution in [0.15, 0.2) is 36.0 Å². The second-order valence-electron chi connectivity index (χ2n) is 2.41. The van der Waals surface area contributed by atoms with Gasteiger partial charge in [0.25, 0.3) is 0 Å². The number of carbonyl (C=O) groups is 1. The fourth-order valence-corrected chi connectivity index (χ4v) is 0.795. The van der Waals surface area contributed by atoms with Gasteiger partial charge in [-0.15, -0.1) is 0 Å². The molecule has 0 amide bonds. The monoisotopic (exact) mass is 175 g/mol. The predicted octanol–water partition coefficient (Wildman–Crippen LogP) is 2.55. The molecule has 0 saturated carbocycles. The lowest BCUT2D eigenvalue weighted by Crippen LogP contribution is -1.98. The third kappa shape index (κ3) is 4.76. The first kappa shape index (κ1) is 11.4. The van der Waals surface area contributed by atoms with E-state index in [1.165, 1.54) is 0 Å². The fourth-order valence-electron chi connectivity index (χ4n) is 0.795. The number of carbonyl (C=O) groups excluding carboxylic acids is 1. The molecule has 0 aliphatic carbocycles. The summed E-state index contributed by atoms with van der Waals surface area (Å²) in [5.41, 5.74) is 0.571. The third-order valence-corrected chi connectivity index (χ3v) is 1.38. The molecule has 13 heavy (non-hydrogen) atoms. The van der Waals surface area contributed by atoms with E-state index in [1.807, 2.05) is 26.0 Å². The summed E-state index contributed by atoms with van der Waals surface area (Å²) in [5.74, 6) is -0.140. The van der Waals surface area contributed by atoms with Crippen molar-refractivity contribution in [1.82, 2.24) is 0 Å². The van der Waals surface area contributed by atoms with E-state index in [2.05, 4.69) is 0 Å². The molecule has 0 atom stereocenters. The van der Waals surface area contributed by atoms with Crippen LogP contribution in [0, 0.1) is 11.3 Å². The molecule has 0 bridgehead atoms. The minimum absolute atomic E-state index is 0.0618. The van der Waals surface area contributed by atoms with E-state index >= 15 is 0 Å². The fraction of sp³-hybridized carbons (Fsp3) is 0.273. The summed E-state index contributed by atoms with van der Waals surface area (Å²) >= 11 is 0. The van der Waals surface area contributed by atoms with Gasteiger partial charge in [0, 0.05) is 5.57 Å². The summed E-state index contributed by atoms with van der Waals surface area (Å²) in [7, 11) is 0. The Bertz CT molecular complexity index is 290. The van der Waals surface area contributed by atoms with Gasteiger partial charge in [0.2, 0.25) is 0 Å². The summed E-state index contributed by atoms with van der Waals surface area (Å²) in [6.45, 7) is 3.71. The molecule has 0 aromatic heterocycles. The van der Waals surface area contributed by atoms with Gasteiger partial charge < -0.3 is 0 Å². The van der Waals surface area contributed by atoms with Crippen LogP contribution in [0.3, 0.4) is 0 Å². The smallest absolute Gasteiger partial charge is 0.176 e. The van der Waals surface area contributed by atoms with Crippen LogP contribution in [0.25, 0.3) is 0 Å². The topological polar surface area (TPSA) is 40.9 Å². The van der Waals surface area contributed by atoms with Gasteiger partial charge in [-0.1, -0.05) is 30.4 Å². The first-order valence-corrected chi connectivity index (χ1v) is 4.12. The van der Waals surface area contributed by atoms with Crippen molar-refractivity contribution in [3.8, 4) is 6.07 Å². The molecule has 0 fully saturated rings. The van der Waals surface area contributed by atoms with Crippen molar-refractivity contribution in [1.29, 1.82) is 5.26 Å². The lowest BCUT2D eigenvalue weighted by Gasteiger charge is -1.94. The van der Waals surface area contributed by atoms with Crippen molar-refractivity contribution in [3.63, 3.8) is 0 Å². The Morgan fingerprint density at radius 3 is 2.54 bits per heavy atom. The average Bonchev–Trinajstić information content (AvgIpc) is 2.12. The van der Waals surface area contributed by atoms with E-state index in [0.717, 1.165) is 0 Å². The normalized spacial score (nSPS) is 12.2. The summed E-state index contributed by atoms with van der Waals surface area (Å²) < 4.78 is 0. The van der Waals surface area contributed by atoms with Crippen LogP contribution in [-0.4, -0.2) is 5.78 Å². The maximum atomic E-state index is 11.3. The number of hydrogen-bond acceptors (Lipinski definition) is 2. The number of Topliss-reactive ketones (excluding diaryl/α,β-unsaturated/α-hetero) is 1. The lowest BCUT2D eigenvalue weighted by atomic mass is 10.1. The molecule has 0 radical (unpaired) electrons. The molecular weight excluding hydrogens is 162 g/mol. The molecule has 0 N–H and O–H groups in total. The van der Waals surface area contributed by atoms with Gasteiger partial charge >= 0.3 is 0 Å². The van der Waals surface area contributed by atoms with E-state index in [9.17, 15) is 4.79 Å². The molecule has 2 heteroatoms. The van der Waals surface area contributed by atoms with Crippen molar-refractivity contribution in [3.05, 3.63) is 36.0 Å². The molecule has 2 nitrogen and oxygen atoms in total. The van der Waals surface area contributed by atoms with Crippen LogP contribution in [0.2, 0.25) is 0 Å². The van der Waals surface area contributed by atoms with Gasteiger partial charge in [-0.3, -0.25) is 4.79 Å². The van der Waals surface area contributed by atoms with Crippen LogP contribution in [0.4, 0.5) is 0 Å². The molecule has 0 saturated heterocycles. The highest BCUT2D eigenvalue weighted by Crippen LogP contribution is 2.02. The number of nitrogens with zero attached hydrogens (tertiary/aromatic N) is 1. The minimum Gasteiger partial charge on any atom is -0.293 e. The number of ketones is 1. The lowest BCUT2D eigenvalue weighted by molar-refractivity contribution is -0.114. The van der Waals surface area contributed by atoms with Crippen LogP contribution >= 0.6 is 0 Å². The number of nitriles is 1. The van der Waals surface area contributed by atoms with Crippen molar-refractivity contribution in [2.45, 2.75) is 20.3 Å². The Labute approximate surface area is 78.9 Å². The van der Waals surface area contributed by atoms with Gasteiger partial charge in [-0.25, -0.2) is 0 Å². The zero-order valence-electron chi connectivity index (χ0n) is 7.95. The highest BCUT2D eigenvalue weighted by atomic mass is 16.1. The average molecular weight is 175 g/mol. The van der Waals surface area contributed by atoms with Crippen molar-refractivity contribution >= 4 is 5.78 Å². The molecule has 68 valence electrons. The zero-order valence-corrected chi connectivity index (χ0v) is 7.95. The summed E-state index contributed by atoms with van der Waals surface area (Å²) in [4.78, 5) is 11.3. The first-order valence-electron chi connectivity index (χ1n) is 4.12. The summed E-state index contributed by atoms with van der Waals surface area (Å²) in [5, 5.41) is 8.34. The summed E-state index contributed by atoms with van der Waals surface area (Å²) in [6.07, 6.45) is 8.76. The van der Waals surface area contributed by atoms with Crippen molar-refractivity contribution < 1.29 is 4.79 Å². The van der Waals surface area contributed by atoms with E-state index in [-0.39, 0.29) is 12.2 Å². The van der Waals surface area contributed by atoms with Crippen molar-refractivity contribution in [2.75, 3.05) is 0 Å². The predicted molar refractivity (Wildman–Crippen MR) is 52.9 cm³/mol. The maximum Gasteiger partial charge on any atom is 0.176 e. The van der Waals surface area contributed by atoms with Crippen LogP contribution in [-0.2, 0) is 4.79 Å². The van der Waals surface area contributed by atoms with Gasteiger partial charge in [0.1, 0.15) is 0 Å². The Morgan fingerprint density at radius 1 is 1.38 bits per heavy atom. The second-order valence-corrected chi connectivity index (χ2v) is 2.41. The van der Waals surface area contributed by atoms with Crippen molar-refractivity contribution in [2.24, 2.45) is 0 Å². The standard InChI is InChI=1S/C11H13NO/c1-3-5-7-10(6-4-2)11(13)8-9-12/h3-7H,8H2,1-2H3/b5-3-,6-4-,10-7+. The Kier molecular flexibility index (Phi) is 6.17. The van der Waals surface area contributed by atoms with E-state index in [0.29, 0.717) is 5.57 Å². The van der Waals surface area contributed by atoms with E-state index in [1.54, 1.807) is 24.3 Å². The first-order chi connectivity index (χ1) is 6.26. The number of hydrogen-bond donors (Lipinski definition) is 0. The SMILES string of the molecule is C\C=C/C=C(\C=C/C)C(=O)CC#N. The molecule has 0 aliphatic heterocycles. The number of rotatable bonds is 4. The molecule has 0 aromatic rings. The second kappa shape index (κ2) is 7.05. The Hall–Kier alpha value is -1.62. The molecule has 0 heterocycles. The van der Waals surface area contributed by atoms with Gasteiger partial charge in [0.05, 0.1) is 12.5 Å². The van der Waals surface area contributed by atoms with Crippen LogP contribution < -0.4 is 0 Å². The van der Waals surface area contributed by atoms with Gasteiger partial charge in [0.15, 0.2) is 5.78 Å². The van der Waals surface area contributed by atoms with Gasteiger partial charge in [-0.05, 0) is 13.8 Å². The van der Waals surface area contributed by atoms with Gasteiger partial charge in [-0.2, -0.15) is 5.26 Å². The highest BCUT2D eigenvalue weighted by molar-refractivity contribution is 5.99. The molecule has 0 aromatic carbocycles. The number of allylic oxidation sites excluding steroid dienone is 6. The Balaban J connectivity index is 4.62. The molecular formula is C11H13NO. The largest absolute Gasteiger partial charge is 0.293 e. The quantitative estimate of drug-likeness (QED) is 0.486. The summed E-state index contributed by atoms with van der Waals surface area (Å²) in [6, 6.07) is 1.83. The molecule has 0 aliphatic rings. The molecule has 0 spiro atoms. The molecule has 0 unspecified atom stereocenters. The van der Waals surface area contributed by atoms with E-state index in [4.69, 9.17) is 5.26 Å². The highest BCUT2D eigenvalue weighted by Gasteiger charge is 2.03. The van der Waals surface area contributed by atoms with Crippen LogP contribution in [0.1, 0.15) is 20.3 Å². The minimum atomic E-state index is -0.140. The zero-order chi connectivity index (χ0) is 10.1. The van der Waals surface area contributed by atoms with Crippen LogP contribution in [0.5, 0.6) is 0 Å². The molecule has 0 rings (SSSR count). The third-order valence-electron chi connectivity index (χ3n) is 1.38. The Morgan fingerprint density at radius 2 is 2.08 bits per heavy atom.